The average molecular weight is 427 g/mol. The van der Waals surface area contributed by atoms with E-state index in [9.17, 15) is 18.0 Å². The molecule has 0 saturated heterocycles. The SMILES string of the molecule is CCN(CC)c1cc(C(F)(F)F)nc(SCc2ccc(C(=O)NC(C)C)cc2)n1. The molecule has 0 fully saturated rings. The molecular formula is C20H25F3N4OS. The van der Waals surface area contributed by atoms with Gasteiger partial charge in [-0.05, 0) is 45.4 Å². The van der Waals surface area contributed by atoms with Gasteiger partial charge >= 0.3 is 6.18 Å². The highest BCUT2D eigenvalue weighted by molar-refractivity contribution is 7.98. The molecule has 0 aliphatic heterocycles. The lowest BCUT2D eigenvalue weighted by Gasteiger charge is -2.21. The Morgan fingerprint density at radius 3 is 2.28 bits per heavy atom. The van der Waals surface area contributed by atoms with E-state index in [0.717, 1.165) is 23.4 Å². The van der Waals surface area contributed by atoms with Crippen LogP contribution in [-0.2, 0) is 11.9 Å². The number of amides is 1. The highest BCUT2D eigenvalue weighted by atomic mass is 32.2. The smallest absolute Gasteiger partial charge is 0.357 e. The lowest BCUT2D eigenvalue weighted by atomic mass is 10.1. The van der Waals surface area contributed by atoms with E-state index in [1.165, 1.54) is 0 Å². The van der Waals surface area contributed by atoms with Gasteiger partial charge in [-0.2, -0.15) is 13.2 Å². The topological polar surface area (TPSA) is 58.1 Å². The fourth-order valence-corrected chi connectivity index (χ4v) is 3.39. The molecule has 0 radical (unpaired) electrons. The number of carbonyl (C=O) groups is 1. The largest absolute Gasteiger partial charge is 0.433 e. The van der Waals surface area contributed by atoms with Crippen LogP contribution in [-0.4, -0.2) is 35.0 Å². The van der Waals surface area contributed by atoms with Crippen molar-refractivity contribution < 1.29 is 18.0 Å². The van der Waals surface area contributed by atoms with E-state index >= 15 is 0 Å². The number of rotatable bonds is 8. The second-order valence-corrected chi connectivity index (χ2v) is 7.62. The number of benzene rings is 1. The van der Waals surface area contributed by atoms with Crippen molar-refractivity contribution in [3.05, 3.63) is 47.2 Å². The van der Waals surface area contributed by atoms with Gasteiger partial charge in [0.2, 0.25) is 0 Å². The molecule has 1 aromatic carbocycles. The Kier molecular flexibility index (Phi) is 7.89. The Hall–Kier alpha value is -2.29. The first-order valence-corrected chi connectivity index (χ1v) is 10.4. The van der Waals surface area contributed by atoms with E-state index in [1.54, 1.807) is 29.2 Å². The van der Waals surface area contributed by atoms with Gasteiger partial charge in [0.15, 0.2) is 10.9 Å². The molecule has 0 spiro atoms. The van der Waals surface area contributed by atoms with Crippen molar-refractivity contribution in [1.29, 1.82) is 0 Å². The number of halogens is 3. The minimum atomic E-state index is -4.54. The van der Waals surface area contributed by atoms with E-state index in [2.05, 4.69) is 15.3 Å². The second kappa shape index (κ2) is 9.96. The van der Waals surface area contributed by atoms with E-state index in [1.807, 2.05) is 27.7 Å². The van der Waals surface area contributed by atoms with E-state index in [-0.39, 0.29) is 22.9 Å². The number of thioether (sulfide) groups is 1. The molecule has 2 rings (SSSR count). The molecular weight excluding hydrogens is 401 g/mol. The average Bonchev–Trinajstić information content (AvgIpc) is 2.66. The lowest BCUT2D eigenvalue weighted by molar-refractivity contribution is -0.141. The van der Waals surface area contributed by atoms with Crippen molar-refractivity contribution in [2.45, 2.75) is 50.8 Å². The van der Waals surface area contributed by atoms with Crippen LogP contribution in [0.4, 0.5) is 19.0 Å². The Bertz CT molecular complexity index is 821. The molecule has 0 atom stereocenters. The molecule has 1 heterocycles. The van der Waals surface area contributed by atoms with Crippen molar-refractivity contribution in [3.8, 4) is 0 Å². The van der Waals surface area contributed by atoms with Gasteiger partial charge < -0.3 is 10.2 Å². The Morgan fingerprint density at radius 2 is 1.76 bits per heavy atom. The number of hydrogen-bond donors (Lipinski definition) is 1. The van der Waals surface area contributed by atoms with Crippen LogP contribution in [0.25, 0.3) is 0 Å². The first-order valence-electron chi connectivity index (χ1n) is 9.37. The van der Waals surface area contributed by atoms with Crippen molar-refractivity contribution in [2.24, 2.45) is 0 Å². The summed E-state index contributed by atoms with van der Waals surface area (Å²) in [7, 11) is 0. The zero-order chi connectivity index (χ0) is 21.6. The van der Waals surface area contributed by atoms with Gasteiger partial charge in [-0.3, -0.25) is 4.79 Å². The van der Waals surface area contributed by atoms with Crippen LogP contribution in [0.5, 0.6) is 0 Å². The standard InChI is InChI=1S/C20H25F3N4OS/c1-5-27(6-2)17-11-16(20(21,22)23)25-19(26-17)29-12-14-7-9-15(10-8-14)18(28)24-13(3)4/h7-11,13H,5-6,12H2,1-4H3,(H,24,28). The summed E-state index contributed by atoms with van der Waals surface area (Å²) in [6.07, 6.45) is -4.54. The number of alkyl halides is 3. The summed E-state index contributed by atoms with van der Waals surface area (Å²) in [4.78, 5) is 21.7. The zero-order valence-electron chi connectivity index (χ0n) is 16.9. The highest BCUT2D eigenvalue weighted by Crippen LogP contribution is 2.32. The number of hydrogen-bond acceptors (Lipinski definition) is 5. The third-order valence-electron chi connectivity index (χ3n) is 4.07. The molecule has 0 aliphatic carbocycles. The number of nitrogens with zero attached hydrogens (tertiary/aromatic N) is 3. The minimum Gasteiger partial charge on any atom is -0.357 e. The molecule has 2 aromatic rings. The second-order valence-electron chi connectivity index (χ2n) is 6.68. The number of aromatic nitrogens is 2. The molecule has 0 bridgehead atoms. The van der Waals surface area contributed by atoms with Crippen LogP contribution in [0, 0.1) is 0 Å². The first-order chi connectivity index (χ1) is 13.6. The van der Waals surface area contributed by atoms with Crippen LogP contribution in [0.2, 0.25) is 0 Å². The van der Waals surface area contributed by atoms with Gasteiger partial charge in [0.05, 0.1) is 0 Å². The lowest BCUT2D eigenvalue weighted by Crippen LogP contribution is -2.29. The maximum atomic E-state index is 13.2. The van der Waals surface area contributed by atoms with Crippen molar-refractivity contribution >= 4 is 23.5 Å². The summed E-state index contributed by atoms with van der Waals surface area (Å²) in [5, 5.41) is 2.88. The summed E-state index contributed by atoms with van der Waals surface area (Å²) >= 11 is 1.13. The number of nitrogens with one attached hydrogen (secondary N) is 1. The van der Waals surface area contributed by atoms with Gasteiger partial charge in [0.1, 0.15) is 5.82 Å². The molecule has 0 unspecified atom stereocenters. The fraction of sp³-hybridized carbons (Fsp3) is 0.450. The highest BCUT2D eigenvalue weighted by Gasteiger charge is 2.34. The third kappa shape index (κ3) is 6.62. The van der Waals surface area contributed by atoms with Crippen LogP contribution < -0.4 is 10.2 Å². The van der Waals surface area contributed by atoms with Crippen molar-refractivity contribution in [1.82, 2.24) is 15.3 Å². The Morgan fingerprint density at radius 1 is 1.14 bits per heavy atom. The summed E-state index contributed by atoms with van der Waals surface area (Å²) in [5.74, 6) is 0.496. The van der Waals surface area contributed by atoms with Crippen LogP contribution in [0.1, 0.15) is 49.3 Å². The molecule has 158 valence electrons. The maximum Gasteiger partial charge on any atom is 0.433 e. The summed E-state index contributed by atoms with van der Waals surface area (Å²) in [5.41, 5.74) is 0.450. The van der Waals surface area contributed by atoms with Gasteiger partial charge in [0, 0.05) is 36.5 Å². The molecule has 1 amide bonds. The summed E-state index contributed by atoms with van der Waals surface area (Å²) in [6, 6.07) is 7.97. The third-order valence-corrected chi connectivity index (χ3v) is 4.99. The monoisotopic (exact) mass is 426 g/mol. The molecule has 29 heavy (non-hydrogen) atoms. The molecule has 1 N–H and O–H groups in total. The van der Waals surface area contributed by atoms with Gasteiger partial charge in [0.25, 0.3) is 5.91 Å². The quantitative estimate of drug-likeness (QED) is 0.487. The van der Waals surface area contributed by atoms with Crippen LogP contribution in [0.3, 0.4) is 0 Å². The summed E-state index contributed by atoms with van der Waals surface area (Å²) < 4.78 is 39.7. The normalized spacial score (nSPS) is 11.6. The fourth-order valence-electron chi connectivity index (χ4n) is 2.58. The minimum absolute atomic E-state index is 0.0378. The molecule has 0 saturated carbocycles. The zero-order valence-corrected chi connectivity index (χ0v) is 17.7. The predicted molar refractivity (Wildman–Crippen MR) is 109 cm³/mol. The first kappa shape index (κ1) is 23.0. The molecule has 0 aliphatic rings. The van der Waals surface area contributed by atoms with E-state index in [0.29, 0.717) is 24.4 Å². The predicted octanol–water partition coefficient (Wildman–Crippen LogP) is 4.77. The van der Waals surface area contributed by atoms with Gasteiger partial charge in [-0.25, -0.2) is 9.97 Å². The van der Waals surface area contributed by atoms with Gasteiger partial charge in [-0.15, -0.1) is 0 Å². The molecule has 1 aromatic heterocycles. The Balaban J connectivity index is 2.17. The summed E-state index contributed by atoms with van der Waals surface area (Å²) in [6.45, 7) is 8.59. The molecule has 9 heteroatoms. The number of anilines is 1. The van der Waals surface area contributed by atoms with Crippen LogP contribution >= 0.6 is 11.8 Å². The molecule has 5 nitrogen and oxygen atoms in total. The van der Waals surface area contributed by atoms with Crippen molar-refractivity contribution in [2.75, 3.05) is 18.0 Å². The van der Waals surface area contributed by atoms with Gasteiger partial charge in [-0.1, -0.05) is 23.9 Å². The van der Waals surface area contributed by atoms with Crippen molar-refractivity contribution in [3.63, 3.8) is 0 Å². The number of carbonyl (C=O) groups excluding carboxylic acids is 1. The van der Waals surface area contributed by atoms with Crippen LogP contribution in [0.15, 0.2) is 35.5 Å². The van der Waals surface area contributed by atoms with E-state index < -0.39 is 11.9 Å². The Labute approximate surface area is 173 Å². The van der Waals surface area contributed by atoms with E-state index in [4.69, 9.17) is 0 Å². The maximum absolute atomic E-state index is 13.2.